The zero-order chi connectivity index (χ0) is 21.6. The molecule has 10 heteroatoms. The van der Waals surface area contributed by atoms with E-state index in [0.717, 1.165) is 4.70 Å². The van der Waals surface area contributed by atoms with E-state index in [1.807, 2.05) is 26.8 Å². The third-order valence-electron chi connectivity index (χ3n) is 4.01. The zero-order valence-corrected chi connectivity index (χ0v) is 17.3. The van der Waals surface area contributed by atoms with Gasteiger partial charge in [-0.1, -0.05) is 25.2 Å². The Labute approximate surface area is 172 Å². The largest absolute Gasteiger partial charge is 0.494 e. The SMILES string of the molecule is CCOc1ccc2nc(NC(=O)CC(NC(CC(C)C)C(=O)O)C(=O)O)sc2c1. The predicted molar refractivity (Wildman–Crippen MR) is 109 cm³/mol. The number of aromatic nitrogens is 1. The number of nitrogens with one attached hydrogen (secondary N) is 2. The van der Waals surface area contributed by atoms with Crippen molar-refractivity contribution < 1.29 is 29.3 Å². The van der Waals surface area contributed by atoms with Crippen molar-refractivity contribution in [2.45, 2.75) is 45.7 Å². The minimum absolute atomic E-state index is 0.0520. The fraction of sp³-hybridized carbons (Fsp3) is 0.474. The lowest BCUT2D eigenvalue weighted by atomic mass is 10.0. The van der Waals surface area contributed by atoms with Gasteiger partial charge in [0.25, 0.3) is 0 Å². The second-order valence-electron chi connectivity index (χ2n) is 6.91. The van der Waals surface area contributed by atoms with E-state index in [2.05, 4.69) is 15.6 Å². The first kappa shape index (κ1) is 22.6. The standard InChI is InChI=1S/C19H25N3O6S/c1-4-28-11-5-6-12-15(8-11)29-19(21-12)22-16(23)9-14(18(26)27)20-13(17(24)25)7-10(2)3/h5-6,8,10,13-14,20H,4,7,9H2,1-3H3,(H,24,25)(H,26,27)(H,21,22,23). The second kappa shape index (κ2) is 10.2. The number of amides is 1. The topological polar surface area (TPSA) is 138 Å². The van der Waals surface area contributed by atoms with Gasteiger partial charge in [-0.05, 0) is 37.5 Å². The van der Waals surface area contributed by atoms with Crippen LogP contribution in [0, 0.1) is 5.92 Å². The summed E-state index contributed by atoms with van der Waals surface area (Å²) < 4.78 is 6.26. The predicted octanol–water partition coefficient (Wildman–Crippen LogP) is 2.57. The zero-order valence-electron chi connectivity index (χ0n) is 16.5. The van der Waals surface area contributed by atoms with Crippen molar-refractivity contribution in [1.29, 1.82) is 0 Å². The van der Waals surface area contributed by atoms with Crippen LogP contribution in [0.25, 0.3) is 10.2 Å². The first-order valence-corrected chi connectivity index (χ1v) is 10.1. The summed E-state index contributed by atoms with van der Waals surface area (Å²) in [6, 6.07) is 2.99. The van der Waals surface area contributed by atoms with E-state index in [1.165, 1.54) is 11.3 Å². The van der Waals surface area contributed by atoms with Gasteiger partial charge in [-0.25, -0.2) is 4.98 Å². The van der Waals surface area contributed by atoms with Gasteiger partial charge in [0.15, 0.2) is 5.13 Å². The maximum atomic E-state index is 12.3. The van der Waals surface area contributed by atoms with E-state index in [9.17, 15) is 24.6 Å². The van der Waals surface area contributed by atoms with Crippen molar-refractivity contribution in [1.82, 2.24) is 10.3 Å². The minimum atomic E-state index is -1.33. The average molecular weight is 423 g/mol. The summed E-state index contributed by atoms with van der Waals surface area (Å²) in [6.07, 6.45) is -0.169. The number of anilines is 1. The van der Waals surface area contributed by atoms with Crippen LogP contribution < -0.4 is 15.4 Å². The molecule has 1 amide bonds. The monoisotopic (exact) mass is 423 g/mol. The fourth-order valence-corrected chi connectivity index (χ4v) is 3.65. The number of ether oxygens (including phenoxy) is 1. The summed E-state index contributed by atoms with van der Waals surface area (Å²) in [7, 11) is 0. The number of aliphatic carboxylic acids is 2. The van der Waals surface area contributed by atoms with Crippen LogP contribution in [0.1, 0.15) is 33.6 Å². The van der Waals surface area contributed by atoms with Gasteiger partial charge in [-0.15, -0.1) is 0 Å². The molecule has 0 fully saturated rings. The first-order chi connectivity index (χ1) is 13.7. The van der Waals surface area contributed by atoms with Crippen LogP contribution in [-0.4, -0.2) is 51.7 Å². The third-order valence-corrected chi connectivity index (χ3v) is 4.95. The number of hydrogen-bond acceptors (Lipinski definition) is 7. The number of hydrogen-bond donors (Lipinski definition) is 4. The van der Waals surface area contributed by atoms with E-state index < -0.39 is 36.4 Å². The van der Waals surface area contributed by atoms with Gasteiger partial charge in [0, 0.05) is 0 Å². The van der Waals surface area contributed by atoms with E-state index >= 15 is 0 Å². The Balaban J connectivity index is 2.05. The molecule has 1 heterocycles. The molecule has 2 rings (SSSR count). The maximum Gasteiger partial charge on any atom is 0.321 e. The highest BCUT2D eigenvalue weighted by atomic mass is 32.1. The van der Waals surface area contributed by atoms with Crippen molar-refractivity contribution in [2.75, 3.05) is 11.9 Å². The summed E-state index contributed by atoms with van der Waals surface area (Å²) in [5.41, 5.74) is 0.685. The molecule has 4 N–H and O–H groups in total. The van der Waals surface area contributed by atoms with E-state index in [-0.39, 0.29) is 12.3 Å². The van der Waals surface area contributed by atoms with Gasteiger partial charge in [-0.2, -0.15) is 0 Å². The molecule has 0 radical (unpaired) electrons. The minimum Gasteiger partial charge on any atom is -0.494 e. The van der Waals surface area contributed by atoms with Crippen LogP contribution in [0.15, 0.2) is 18.2 Å². The van der Waals surface area contributed by atoms with Gasteiger partial charge in [-0.3, -0.25) is 19.7 Å². The molecule has 0 aliphatic carbocycles. The Bertz CT molecular complexity index is 882. The van der Waals surface area contributed by atoms with Gasteiger partial charge in [0.1, 0.15) is 17.8 Å². The summed E-state index contributed by atoms with van der Waals surface area (Å²) in [6.45, 7) is 6.09. The van der Waals surface area contributed by atoms with Gasteiger partial charge < -0.3 is 20.3 Å². The Morgan fingerprint density at radius 3 is 2.45 bits per heavy atom. The number of carboxylic acids is 2. The van der Waals surface area contributed by atoms with Crippen LogP contribution in [-0.2, 0) is 14.4 Å². The Morgan fingerprint density at radius 1 is 1.17 bits per heavy atom. The van der Waals surface area contributed by atoms with Gasteiger partial charge >= 0.3 is 11.9 Å². The van der Waals surface area contributed by atoms with E-state index in [4.69, 9.17) is 4.74 Å². The van der Waals surface area contributed by atoms with Crippen molar-refractivity contribution in [3.8, 4) is 5.75 Å². The number of fused-ring (bicyclic) bond motifs is 1. The molecule has 0 bridgehead atoms. The number of rotatable bonds is 11. The second-order valence-corrected chi connectivity index (χ2v) is 7.94. The molecule has 0 spiro atoms. The normalized spacial score (nSPS) is 13.2. The highest BCUT2D eigenvalue weighted by Crippen LogP contribution is 2.29. The first-order valence-electron chi connectivity index (χ1n) is 9.24. The summed E-state index contributed by atoms with van der Waals surface area (Å²) >= 11 is 1.24. The average Bonchev–Trinajstić information content (AvgIpc) is 3.01. The van der Waals surface area contributed by atoms with Crippen molar-refractivity contribution in [2.24, 2.45) is 5.92 Å². The Morgan fingerprint density at radius 2 is 1.86 bits per heavy atom. The lowest BCUT2D eigenvalue weighted by molar-refractivity contribution is -0.144. The number of benzene rings is 1. The summed E-state index contributed by atoms with van der Waals surface area (Å²) in [4.78, 5) is 39.5. The quantitative estimate of drug-likeness (QED) is 0.433. The van der Waals surface area contributed by atoms with Crippen LogP contribution in [0.2, 0.25) is 0 Å². The molecule has 29 heavy (non-hydrogen) atoms. The Hall–Kier alpha value is -2.72. The molecular formula is C19H25N3O6S. The summed E-state index contributed by atoms with van der Waals surface area (Å²) in [5.74, 6) is -2.26. The number of thiazole rings is 1. The number of carbonyl (C=O) groups excluding carboxylic acids is 1. The molecule has 0 aliphatic rings. The lowest BCUT2D eigenvalue weighted by Gasteiger charge is -2.21. The molecule has 1 aromatic heterocycles. The molecular weight excluding hydrogens is 398 g/mol. The molecule has 2 unspecified atom stereocenters. The maximum absolute atomic E-state index is 12.3. The number of carboxylic acid groups (broad SMARTS) is 2. The highest BCUT2D eigenvalue weighted by molar-refractivity contribution is 7.22. The van der Waals surface area contributed by atoms with Crippen molar-refractivity contribution >= 4 is 44.5 Å². The molecule has 2 atom stereocenters. The van der Waals surface area contributed by atoms with Gasteiger partial charge in [0.05, 0.1) is 23.2 Å². The van der Waals surface area contributed by atoms with Crippen LogP contribution in [0.5, 0.6) is 5.75 Å². The van der Waals surface area contributed by atoms with E-state index in [0.29, 0.717) is 23.0 Å². The van der Waals surface area contributed by atoms with Crippen LogP contribution in [0.3, 0.4) is 0 Å². The molecule has 0 saturated carbocycles. The lowest BCUT2D eigenvalue weighted by Crippen LogP contribution is -2.49. The molecule has 158 valence electrons. The van der Waals surface area contributed by atoms with Crippen molar-refractivity contribution in [3.05, 3.63) is 18.2 Å². The molecule has 9 nitrogen and oxygen atoms in total. The molecule has 0 aliphatic heterocycles. The molecule has 0 saturated heterocycles. The third kappa shape index (κ3) is 6.68. The number of carbonyl (C=O) groups is 3. The molecule has 1 aromatic carbocycles. The van der Waals surface area contributed by atoms with Crippen LogP contribution >= 0.6 is 11.3 Å². The van der Waals surface area contributed by atoms with E-state index in [1.54, 1.807) is 12.1 Å². The van der Waals surface area contributed by atoms with Crippen LogP contribution in [0.4, 0.5) is 5.13 Å². The highest BCUT2D eigenvalue weighted by Gasteiger charge is 2.28. The molecule has 2 aromatic rings. The smallest absolute Gasteiger partial charge is 0.321 e. The fourth-order valence-electron chi connectivity index (χ4n) is 2.74. The van der Waals surface area contributed by atoms with Gasteiger partial charge in [0.2, 0.25) is 5.91 Å². The van der Waals surface area contributed by atoms with Crippen molar-refractivity contribution in [3.63, 3.8) is 0 Å². The Kier molecular flexibility index (Phi) is 7.91. The summed E-state index contributed by atoms with van der Waals surface area (Å²) in [5, 5.41) is 24.2. The number of nitrogens with zero attached hydrogens (tertiary/aromatic N) is 1.